The number of carboxylic acid groups (broad SMARTS) is 1. The first kappa shape index (κ1) is 18.1. The van der Waals surface area contributed by atoms with Gasteiger partial charge in [0, 0.05) is 5.56 Å². The highest BCUT2D eigenvalue weighted by atomic mass is 32.2. The average Bonchev–Trinajstić information content (AvgIpc) is 3.35. The number of H-pyrrole nitrogens is 1. The van der Waals surface area contributed by atoms with E-state index in [1.54, 1.807) is 0 Å². The van der Waals surface area contributed by atoms with Crippen LogP contribution < -0.4 is 15.0 Å². The van der Waals surface area contributed by atoms with Crippen molar-refractivity contribution < 1.29 is 24.2 Å². The Morgan fingerprint density at radius 2 is 2.04 bits per heavy atom. The summed E-state index contributed by atoms with van der Waals surface area (Å²) in [4.78, 5) is 20.1. The first-order valence-electron chi connectivity index (χ1n) is 8.24. The van der Waals surface area contributed by atoms with E-state index in [9.17, 15) is 4.79 Å². The molecule has 0 bridgehead atoms. The van der Waals surface area contributed by atoms with Gasteiger partial charge in [-0.05, 0) is 41.5 Å². The molecule has 0 saturated carbocycles. The smallest absolute Gasteiger partial charge is 0.313 e. The molecule has 3 N–H and O–H groups in total. The molecule has 144 valence electrons. The van der Waals surface area contributed by atoms with Crippen LogP contribution in [-0.2, 0) is 9.63 Å². The lowest BCUT2D eigenvalue weighted by Crippen LogP contribution is -1.98. The molecule has 1 aromatic heterocycles. The number of aliphatic carboxylic acids is 1. The van der Waals surface area contributed by atoms with E-state index in [-0.39, 0.29) is 12.5 Å². The fraction of sp³-hybridized carbons (Fsp3) is 0.167. The van der Waals surface area contributed by atoms with Crippen LogP contribution in [0.3, 0.4) is 0 Å². The molecule has 2 heterocycles. The zero-order chi connectivity index (χ0) is 19.5. The zero-order valence-corrected chi connectivity index (χ0v) is 15.6. The molecule has 10 heteroatoms. The molecule has 3 aromatic rings. The van der Waals surface area contributed by atoms with Crippen molar-refractivity contribution in [3.8, 4) is 34.0 Å². The van der Waals surface area contributed by atoms with Gasteiger partial charge in [-0.3, -0.25) is 20.2 Å². The highest BCUT2D eigenvalue weighted by molar-refractivity contribution is 7.99. The molecule has 28 heavy (non-hydrogen) atoms. The summed E-state index contributed by atoms with van der Waals surface area (Å²) in [6.45, 7) is 0.212. The van der Waals surface area contributed by atoms with Gasteiger partial charge in [-0.15, -0.1) is 5.10 Å². The lowest BCUT2D eigenvalue weighted by atomic mass is 10.0. The summed E-state index contributed by atoms with van der Waals surface area (Å²) in [5.41, 5.74) is 6.16. The fourth-order valence-electron chi connectivity index (χ4n) is 2.75. The van der Waals surface area contributed by atoms with Gasteiger partial charge in [0.2, 0.25) is 11.9 Å². The van der Waals surface area contributed by atoms with Crippen molar-refractivity contribution >= 4 is 23.4 Å². The van der Waals surface area contributed by atoms with Gasteiger partial charge in [-0.25, -0.2) is 4.98 Å². The van der Waals surface area contributed by atoms with Gasteiger partial charge in [0.15, 0.2) is 17.3 Å². The number of ether oxygens (including phenoxy) is 2. The number of carboxylic acids is 1. The van der Waals surface area contributed by atoms with Gasteiger partial charge in [0.05, 0.1) is 18.6 Å². The molecule has 2 aromatic carbocycles. The lowest BCUT2D eigenvalue weighted by Gasteiger charge is -2.10. The predicted molar refractivity (Wildman–Crippen MR) is 102 cm³/mol. The Hall–Kier alpha value is -3.24. The van der Waals surface area contributed by atoms with Crippen molar-refractivity contribution in [1.82, 2.24) is 15.2 Å². The number of benzene rings is 2. The first-order chi connectivity index (χ1) is 13.6. The second kappa shape index (κ2) is 7.79. The van der Waals surface area contributed by atoms with Crippen molar-refractivity contribution in [1.29, 1.82) is 0 Å². The SMILES string of the molecule is CONc1cc(-c2ccc3c(c2)OCO3)cc(-c2nc(SCC(=O)O)n[nH]2)c1. The van der Waals surface area contributed by atoms with E-state index in [1.807, 2.05) is 36.4 Å². The molecule has 0 amide bonds. The fourth-order valence-corrected chi connectivity index (χ4v) is 3.27. The average molecular weight is 400 g/mol. The van der Waals surface area contributed by atoms with Crippen LogP contribution in [0.15, 0.2) is 41.6 Å². The number of nitrogens with one attached hydrogen (secondary N) is 2. The van der Waals surface area contributed by atoms with Crippen LogP contribution in [0, 0.1) is 0 Å². The van der Waals surface area contributed by atoms with Gasteiger partial charge >= 0.3 is 5.97 Å². The van der Waals surface area contributed by atoms with Gasteiger partial charge in [-0.1, -0.05) is 17.8 Å². The van der Waals surface area contributed by atoms with Crippen molar-refractivity contribution in [3.05, 3.63) is 36.4 Å². The van der Waals surface area contributed by atoms with E-state index < -0.39 is 5.97 Å². The number of nitrogens with zero attached hydrogens (tertiary/aromatic N) is 2. The third kappa shape index (κ3) is 3.87. The molecule has 1 aliphatic heterocycles. The first-order valence-corrected chi connectivity index (χ1v) is 9.22. The summed E-state index contributed by atoms with van der Waals surface area (Å²) in [7, 11) is 1.53. The maximum atomic E-state index is 10.7. The summed E-state index contributed by atoms with van der Waals surface area (Å²) in [5, 5.41) is 16.1. The monoisotopic (exact) mass is 400 g/mol. The quantitative estimate of drug-likeness (QED) is 0.406. The van der Waals surface area contributed by atoms with Crippen LogP contribution in [0.4, 0.5) is 5.69 Å². The Morgan fingerprint density at radius 3 is 2.86 bits per heavy atom. The molecule has 0 aliphatic carbocycles. The minimum absolute atomic E-state index is 0.106. The molecular weight excluding hydrogens is 384 g/mol. The summed E-state index contributed by atoms with van der Waals surface area (Å²) < 4.78 is 10.8. The second-order valence-corrected chi connectivity index (χ2v) is 6.76. The Balaban J connectivity index is 1.69. The van der Waals surface area contributed by atoms with Crippen LogP contribution in [-0.4, -0.2) is 45.9 Å². The molecule has 0 saturated heterocycles. The summed E-state index contributed by atoms with van der Waals surface area (Å²) >= 11 is 1.05. The molecule has 4 rings (SSSR count). The number of rotatable bonds is 7. The van der Waals surface area contributed by atoms with E-state index in [0.717, 1.165) is 34.1 Å². The predicted octanol–water partition coefficient (Wildman–Crippen LogP) is 3.02. The highest BCUT2D eigenvalue weighted by Crippen LogP contribution is 2.37. The minimum Gasteiger partial charge on any atom is -0.481 e. The van der Waals surface area contributed by atoms with E-state index in [1.165, 1.54) is 7.11 Å². The zero-order valence-electron chi connectivity index (χ0n) is 14.8. The standard InChI is InChI=1S/C18H16N4O5S/c1-25-22-13-5-11(10-2-3-14-15(7-10)27-9-26-14)4-12(6-13)17-19-18(21-20-17)28-8-16(23)24/h2-7,22H,8-9H2,1H3,(H,23,24)(H,19,20,21). The third-order valence-electron chi connectivity index (χ3n) is 3.92. The van der Waals surface area contributed by atoms with E-state index >= 15 is 0 Å². The normalized spacial score (nSPS) is 12.2. The maximum absolute atomic E-state index is 10.7. The Kier molecular flexibility index (Phi) is 5.04. The largest absolute Gasteiger partial charge is 0.481 e. The summed E-state index contributed by atoms with van der Waals surface area (Å²) in [5.74, 6) is 0.898. The molecule has 1 aliphatic rings. The van der Waals surface area contributed by atoms with Gasteiger partial charge in [0.1, 0.15) is 0 Å². The van der Waals surface area contributed by atoms with E-state index in [2.05, 4.69) is 20.7 Å². The molecule has 0 radical (unpaired) electrons. The van der Waals surface area contributed by atoms with Crippen LogP contribution in [0.1, 0.15) is 0 Å². The third-order valence-corrected chi connectivity index (χ3v) is 4.75. The van der Waals surface area contributed by atoms with Gasteiger partial charge in [-0.2, -0.15) is 0 Å². The van der Waals surface area contributed by atoms with Crippen LogP contribution in [0.5, 0.6) is 11.5 Å². The van der Waals surface area contributed by atoms with Gasteiger partial charge in [0.25, 0.3) is 0 Å². The molecule has 0 atom stereocenters. The molecule has 0 spiro atoms. The maximum Gasteiger partial charge on any atom is 0.313 e. The minimum atomic E-state index is -0.923. The topological polar surface area (TPSA) is 119 Å². The van der Waals surface area contributed by atoms with Crippen LogP contribution >= 0.6 is 11.8 Å². The number of aromatic nitrogens is 3. The Morgan fingerprint density at radius 1 is 1.21 bits per heavy atom. The van der Waals surface area contributed by atoms with Crippen LogP contribution in [0.25, 0.3) is 22.5 Å². The number of hydrogen-bond acceptors (Lipinski definition) is 8. The van der Waals surface area contributed by atoms with E-state index in [0.29, 0.717) is 22.5 Å². The highest BCUT2D eigenvalue weighted by Gasteiger charge is 2.16. The summed E-state index contributed by atoms with van der Waals surface area (Å²) in [6, 6.07) is 11.4. The Labute approximate surface area is 164 Å². The number of hydrogen-bond donors (Lipinski definition) is 3. The van der Waals surface area contributed by atoms with Crippen molar-refractivity contribution in [3.63, 3.8) is 0 Å². The number of carbonyl (C=O) groups is 1. The summed E-state index contributed by atoms with van der Waals surface area (Å²) in [6.07, 6.45) is 0. The lowest BCUT2D eigenvalue weighted by molar-refractivity contribution is -0.133. The molecule has 0 fully saturated rings. The van der Waals surface area contributed by atoms with Crippen molar-refractivity contribution in [2.24, 2.45) is 0 Å². The molecule has 0 unspecified atom stereocenters. The number of anilines is 1. The number of thioether (sulfide) groups is 1. The molecular formula is C18H16N4O5S. The number of fused-ring (bicyclic) bond motifs is 1. The van der Waals surface area contributed by atoms with E-state index in [4.69, 9.17) is 19.4 Å². The number of aromatic amines is 1. The van der Waals surface area contributed by atoms with Crippen molar-refractivity contribution in [2.45, 2.75) is 5.16 Å². The van der Waals surface area contributed by atoms with Crippen LogP contribution in [0.2, 0.25) is 0 Å². The second-order valence-electron chi connectivity index (χ2n) is 5.82. The Bertz CT molecular complexity index is 1020. The van der Waals surface area contributed by atoms with Gasteiger partial charge < -0.3 is 14.6 Å². The van der Waals surface area contributed by atoms with Crippen molar-refractivity contribution in [2.75, 3.05) is 25.1 Å². The molecule has 9 nitrogen and oxygen atoms in total.